The minimum absolute atomic E-state index is 0.0379. The summed E-state index contributed by atoms with van der Waals surface area (Å²) in [5, 5.41) is 8.86. The molecule has 1 saturated heterocycles. The van der Waals surface area contributed by atoms with Crippen LogP contribution in [0, 0.1) is 5.92 Å². The Labute approximate surface area is 139 Å². The van der Waals surface area contributed by atoms with E-state index in [0.717, 1.165) is 22.9 Å². The first-order valence-corrected chi connectivity index (χ1v) is 9.72. The fourth-order valence-corrected chi connectivity index (χ4v) is 4.83. The van der Waals surface area contributed by atoms with Gasteiger partial charge in [0.05, 0.1) is 5.75 Å². The van der Waals surface area contributed by atoms with E-state index in [4.69, 9.17) is 5.11 Å². The molecule has 1 aromatic carbocycles. The largest absolute Gasteiger partial charge is 0.481 e. The molecule has 0 aliphatic carbocycles. The van der Waals surface area contributed by atoms with E-state index in [9.17, 15) is 13.2 Å². The van der Waals surface area contributed by atoms with Gasteiger partial charge in [-0.1, -0.05) is 34.1 Å². The number of aliphatic carboxylic acids is 1. The van der Waals surface area contributed by atoms with Gasteiger partial charge in [0, 0.05) is 24.0 Å². The number of carboxylic acids is 1. The first-order chi connectivity index (χ1) is 10.4. The molecule has 7 heteroatoms. The van der Waals surface area contributed by atoms with Crippen molar-refractivity contribution in [3.05, 3.63) is 34.3 Å². The van der Waals surface area contributed by atoms with E-state index < -0.39 is 16.0 Å². The summed E-state index contributed by atoms with van der Waals surface area (Å²) in [6.45, 7) is 0.818. The van der Waals surface area contributed by atoms with Gasteiger partial charge in [-0.3, -0.25) is 4.79 Å². The number of hydrogen-bond acceptors (Lipinski definition) is 3. The second-order valence-corrected chi connectivity index (χ2v) is 8.56. The molecule has 0 bridgehead atoms. The van der Waals surface area contributed by atoms with Crippen LogP contribution in [0.25, 0.3) is 0 Å². The lowest BCUT2D eigenvalue weighted by atomic mass is 9.96. The second-order valence-electron chi connectivity index (χ2n) is 5.62. The van der Waals surface area contributed by atoms with Gasteiger partial charge in [-0.2, -0.15) is 0 Å². The maximum atomic E-state index is 12.5. The van der Waals surface area contributed by atoms with Crippen LogP contribution < -0.4 is 0 Å². The lowest BCUT2D eigenvalue weighted by Gasteiger charge is -2.31. The number of sulfonamides is 1. The van der Waals surface area contributed by atoms with Crippen molar-refractivity contribution >= 4 is 31.9 Å². The average Bonchev–Trinajstić information content (AvgIpc) is 2.46. The number of nitrogens with zero attached hydrogens (tertiary/aromatic N) is 1. The fourth-order valence-electron chi connectivity index (χ4n) is 2.76. The summed E-state index contributed by atoms with van der Waals surface area (Å²) in [6.07, 6.45) is 1.99. The number of benzene rings is 1. The van der Waals surface area contributed by atoms with E-state index in [0.29, 0.717) is 19.5 Å². The molecule has 1 fully saturated rings. The molecule has 0 radical (unpaired) electrons. The number of hydrogen-bond donors (Lipinski definition) is 1. The monoisotopic (exact) mass is 389 g/mol. The van der Waals surface area contributed by atoms with Gasteiger partial charge in [0.25, 0.3) is 0 Å². The number of rotatable bonds is 6. The zero-order valence-electron chi connectivity index (χ0n) is 12.2. The molecule has 1 heterocycles. The van der Waals surface area contributed by atoms with Crippen molar-refractivity contribution in [3.8, 4) is 0 Å². The van der Waals surface area contributed by atoms with E-state index in [1.807, 2.05) is 24.3 Å². The molecule has 0 amide bonds. The zero-order valence-corrected chi connectivity index (χ0v) is 14.6. The maximum Gasteiger partial charge on any atom is 0.303 e. The third kappa shape index (κ3) is 4.79. The lowest BCUT2D eigenvalue weighted by molar-refractivity contribution is -0.138. The molecular formula is C15H20BrNO4S. The highest BCUT2D eigenvalue weighted by Crippen LogP contribution is 2.23. The normalized spacial score (nSPS) is 20.0. The number of halogens is 1. The Morgan fingerprint density at radius 3 is 2.77 bits per heavy atom. The molecule has 1 aliphatic heterocycles. The SMILES string of the molecule is O=C(O)C[C@H]1CCCN(S(=O)(=O)CCc2ccccc2Br)C1. The van der Waals surface area contributed by atoms with Crippen molar-refractivity contribution in [3.63, 3.8) is 0 Å². The smallest absolute Gasteiger partial charge is 0.303 e. The Bertz CT molecular complexity index is 632. The van der Waals surface area contributed by atoms with Crippen molar-refractivity contribution in [2.75, 3.05) is 18.8 Å². The minimum Gasteiger partial charge on any atom is -0.481 e. The summed E-state index contributed by atoms with van der Waals surface area (Å²) in [5.74, 6) is -0.892. The Balaban J connectivity index is 1.97. The summed E-state index contributed by atoms with van der Waals surface area (Å²) in [4.78, 5) is 10.8. The average molecular weight is 390 g/mol. The Kier molecular flexibility index (Phi) is 6.00. The quantitative estimate of drug-likeness (QED) is 0.810. The van der Waals surface area contributed by atoms with Crippen molar-refractivity contribution in [2.45, 2.75) is 25.7 Å². The molecule has 22 heavy (non-hydrogen) atoms. The fraction of sp³-hybridized carbons (Fsp3) is 0.533. The molecule has 5 nitrogen and oxygen atoms in total. The molecular weight excluding hydrogens is 370 g/mol. The van der Waals surface area contributed by atoms with Gasteiger partial charge in [0.15, 0.2) is 0 Å². The Morgan fingerprint density at radius 1 is 1.36 bits per heavy atom. The molecule has 2 rings (SSSR count). The molecule has 0 unspecified atom stereocenters. The summed E-state index contributed by atoms with van der Waals surface area (Å²) in [5.41, 5.74) is 0.963. The van der Waals surface area contributed by atoms with Gasteiger partial charge >= 0.3 is 5.97 Å². The first kappa shape index (κ1) is 17.4. The van der Waals surface area contributed by atoms with Gasteiger partial charge in [-0.25, -0.2) is 12.7 Å². The summed E-state index contributed by atoms with van der Waals surface area (Å²) < 4.78 is 27.3. The van der Waals surface area contributed by atoms with Crippen molar-refractivity contribution in [2.24, 2.45) is 5.92 Å². The molecule has 1 atom stereocenters. The van der Waals surface area contributed by atoms with Gasteiger partial charge in [0.2, 0.25) is 10.0 Å². The molecule has 1 N–H and O–H groups in total. The van der Waals surface area contributed by atoms with E-state index in [2.05, 4.69) is 15.9 Å². The summed E-state index contributed by atoms with van der Waals surface area (Å²) in [7, 11) is -3.35. The van der Waals surface area contributed by atoms with Crippen LogP contribution in [0.1, 0.15) is 24.8 Å². The lowest BCUT2D eigenvalue weighted by Crippen LogP contribution is -2.41. The summed E-state index contributed by atoms with van der Waals surface area (Å²) >= 11 is 3.42. The molecule has 0 spiro atoms. The van der Waals surface area contributed by atoms with Crippen molar-refractivity contribution in [1.82, 2.24) is 4.31 Å². The third-order valence-electron chi connectivity index (χ3n) is 3.93. The molecule has 1 aromatic rings. The van der Waals surface area contributed by atoms with E-state index in [1.165, 1.54) is 4.31 Å². The first-order valence-electron chi connectivity index (χ1n) is 7.31. The van der Waals surface area contributed by atoms with Crippen LogP contribution in [0.5, 0.6) is 0 Å². The zero-order chi connectivity index (χ0) is 16.2. The maximum absolute atomic E-state index is 12.5. The highest BCUT2D eigenvalue weighted by Gasteiger charge is 2.29. The van der Waals surface area contributed by atoms with Crippen molar-refractivity contribution < 1.29 is 18.3 Å². The van der Waals surface area contributed by atoms with Crippen molar-refractivity contribution in [1.29, 1.82) is 0 Å². The second kappa shape index (κ2) is 7.57. The molecule has 122 valence electrons. The third-order valence-corrected chi connectivity index (χ3v) is 6.54. The van der Waals surface area contributed by atoms with Crippen LogP contribution in [0.15, 0.2) is 28.7 Å². The predicted octanol–water partition coefficient (Wildman–Crippen LogP) is 2.51. The van der Waals surface area contributed by atoms with E-state index >= 15 is 0 Å². The predicted molar refractivity (Wildman–Crippen MR) is 88.2 cm³/mol. The highest BCUT2D eigenvalue weighted by atomic mass is 79.9. The van der Waals surface area contributed by atoms with E-state index in [1.54, 1.807) is 0 Å². The Hall–Kier alpha value is -0.920. The van der Waals surface area contributed by atoms with Gasteiger partial charge in [0.1, 0.15) is 0 Å². The number of aryl methyl sites for hydroxylation is 1. The minimum atomic E-state index is -3.35. The topological polar surface area (TPSA) is 74.7 Å². The van der Waals surface area contributed by atoms with Gasteiger partial charge in [-0.05, 0) is 36.8 Å². The standard InChI is InChI=1S/C15H20BrNO4S/c16-14-6-2-1-5-13(14)7-9-22(20,21)17-8-3-4-12(11-17)10-15(18)19/h1-2,5-6,12H,3-4,7-11H2,(H,18,19)/t12-/m1/s1. The number of piperidine rings is 1. The molecule has 0 saturated carbocycles. The molecule has 0 aromatic heterocycles. The van der Waals surface area contributed by atoms with Gasteiger partial charge < -0.3 is 5.11 Å². The summed E-state index contributed by atoms with van der Waals surface area (Å²) in [6, 6.07) is 7.58. The van der Waals surface area contributed by atoms with Crippen LogP contribution in [0.2, 0.25) is 0 Å². The van der Waals surface area contributed by atoms with Crippen LogP contribution in [0.3, 0.4) is 0 Å². The van der Waals surface area contributed by atoms with E-state index in [-0.39, 0.29) is 18.1 Å². The number of carbonyl (C=O) groups is 1. The number of carboxylic acid groups (broad SMARTS) is 1. The van der Waals surface area contributed by atoms with Crippen LogP contribution in [0.4, 0.5) is 0 Å². The molecule has 1 aliphatic rings. The highest BCUT2D eigenvalue weighted by molar-refractivity contribution is 9.10. The van der Waals surface area contributed by atoms with Crippen LogP contribution in [-0.4, -0.2) is 42.6 Å². The van der Waals surface area contributed by atoms with Crippen LogP contribution in [-0.2, 0) is 21.2 Å². The van der Waals surface area contributed by atoms with Crippen LogP contribution >= 0.6 is 15.9 Å². The Morgan fingerprint density at radius 2 is 2.09 bits per heavy atom. The van der Waals surface area contributed by atoms with Gasteiger partial charge in [-0.15, -0.1) is 0 Å².